The number of Topliss-reactive ketones (excluding diaryl/α,β-unsaturated/α-hetero) is 1. The largest absolute Gasteiger partial charge is 0.493 e. The molecule has 28 heavy (non-hydrogen) atoms. The zero-order chi connectivity index (χ0) is 19.9. The molecule has 9 heteroatoms. The Morgan fingerprint density at radius 1 is 1.21 bits per heavy atom. The number of nitrogens with zero attached hydrogens (tertiary/aromatic N) is 3. The van der Waals surface area contributed by atoms with Crippen molar-refractivity contribution in [3.8, 4) is 11.5 Å². The van der Waals surface area contributed by atoms with E-state index in [1.807, 2.05) is 18.2 Å². The van der Waals surface area contributed by atoms with E-state index >= 15 is 0 Å². The second kappa shape index (κ2) is 8.94. The highest BCUT2D eigenvalue weighted by atomic mass is 16.5. The fraction of sp³-hybridized carbons (Fsp3) is 0.316. The van der Waals surface area contributed by atoms with Gasteiger partial charge in [0.05, 0.1) is 20.4 Å². The lowest BCUT2D eigenvalue weighted by Gasteiger charge is -2.12. The normalized spacial score (nSPS) is 15.4. The van der Waals surface area contributed by atoms with E-state index in [1.165, 1.54) is 18.6 Å². The van der Waals surface area contributed by atoms with E-state index < -0.39 is 6.04 Å². The first-order valence-corrected chi connectivity index (χ1v) is 8.73. The van der Waals surface area contributed by atoms with Gasteiger partial charge in [-0.2, -0.15) is 5.10 Å². The monoisotopic (exact) mass is 383 g/mol. The Morgan fingerprint density at radius 2 is 2.04 bits per heavy atom. The summed E-state index contributed by atoms with van der Waals surface area (Å²) in [5.41, 5.74) is 4.19. The highest BCUT2D eigenvalue weighted by molar-refractivity contribution is 6.46. The van der Waals surface area contributed by atoms with Gasteiger partial charge in [0.25, 0.3) is 0 Å². The van der Waals surface area contributed by atoms with Crippen molar-refractivity contribution in [3.63, 3.8) is 0 Å². The summed E-state index contributed by atoms with van der Waals surface area (Å²) in [5, 5.41) is 6.83. The van der Waals surface area contributed by atoms with Crippen LogP contribution in [0.1, 0.15) is 22.5 Å². The number of ketones is 1. The third kappa shape index (κ3) is 4.43. The first-order valence-electron chi connectivity index (χ1n) is 8.73. The molecule has 2 N–H and O–H groups in total. The molecule has 9 nitrogen and oxygen atoms in total. The van der Waals surface area contributed by atoms with E-state index in [0.29, 0.717) is 24.5 Å². The Bertz CT molecular complexity index is 885. The van der Waals surface area contributed by atoms with Gasteiger partial charge in [-0.25, -0.2) is 4.98 Å². The minimum absolute atomic E-state index is 0.206. The molecule has 2 aromatic rings. The first kappa shape index (κ1) is 19.3. The molecule has 0 saturated heterocycles. The smallest absolute Gasteiger partial charge is 0.244 e. The van der Waals surface area contributed by atoms with E-state index in [0.717, 1.165) is 5.56 Å². The number of benzene rings is 1. The van der Waals surface area contributed by atoms with E-state index in [2.05, 4.69) is 25.8 Å². The van der Waals surface area contributed by atoms with Crippen molar-refractivity contribution in [2.45, 2.75) is 18.9 Å². The lowest BCUT2D eigenvalue weighted by molar-refractivity contribution is -0.122. The molecule has 0 aliphatic carbocycles. The van der Waals surface area contributed by atoms with Crippen LogP contribution in [0.15, 0.2) is 41.9 Å². The van der Waals surface area contributed by atoms with Crippen molar-refractivity contribution in [1.82, 2.24) is 20.7 Å². The number of carbonyl (C=O) groups excluding carboxylic acids is 2. The Morgan fingerprint density at radius 3 is 2.75 bits per heavy atom. The minimum atomic E-state index is -0.582. The third-order valence-electron chi connectivity index (χ3n) is 4.29. The molecule has 0 saturated carbocycles. The van der Waals surface area contributed by atoms with Gasteiger partial charge in [0.15, 0.2) is 11.5 Å². The van der Waals surface area contributed by atoms with Gasteiger partial charge in [-0.3, -0.25) is 20.0 Å². The fourth-order valence-corrected chi connectivity index (χ4v) is 2.79. The number of hydrogen-bond acceptors (Lipinski definition) is 8. The molecule has 1 atom stereocenters. The molecule has 1 aliphatic heterocycles. The summed E-state index contributed by atoms with van der Waals surface area (Å²) in [7, 11) is 3.16. The van der Waals surface area contributed by atoms with E-state index in [1.54, 1.807) is 14.2 Å². The highest BCUT2D eigenvalue weighted by Crippen LogP contribution is 2.27. The molecule has 1 amide bonds. The third-order valence-corrected chi connectivity index (χ3v) is 4.29. The fourth-order valence-electron chi connectivity index (χ4n) is 2.79. The van der Waals surface area contributed by atoms with Gasteiger partial charge in [-0.05, 0) is 24.1 Å². The van der Waals surface area contributed by atoms with Crippen LogP contribution in [0.4, 0.5) is 0 Å². The van der Waals surface area contributed by atoms with Crippen LogP contribution in [0.3, 0.4) is 0 Å². The quantitative estimate of drug-likeness (QED) is 0.647. The number of methoxy groups -OCH3 is 2. The zero-order valence-corrected chi connectivity index (χ0v) is 15.6. The molecule has 1 unspecified atom stereocenters. The van der Waals surface area contributed by atoms with E-state index in [4.69, 9.17) is 9.47 Å². The van der Waals surface area contributed by atoms with Gasteiger partial charge in [0.1, 0.15) is 17.4 Å². The highest BCUT2D eigenvalue weighted by Gasteiger charge is 2.29. The van der Waals surface area contributed by atoms with Crippen LogP contribution in [0.2, 0.25) is 0 Å². The Balaban J connectivity index is 1.48. The van der Waals surface area contributed by atoms with E-state index in [-0.39, 0.29) is 29.5 Å². The van der Waals surface area contributed by atoms with Gasteiger partial charge >= 0.3 is 0 Å². The van der Waals surface area contributed by atoms with Gasteiger partial charge in [-0.15, -0.1) is 0 Å². The molecule has 0 fully saturated rings. The zero-order valence-electron chi connectivity index (χ0n) is 15.6. The maximum absolute atomic E-state index is 12.3. The molecule has 2 heterocycles. The molecule has 0 radical (unpaired) electrons. The molecular formula is C19H21N5O4. The number of ether oxygens (including phenoxy) is 2. The summed E-state index contributed by atoms with van der Waals surface area (Å²) < 4.78 is 10.5. The molecule has 1 aliphatic rings. The molecule has 1 aromatic heterocycles. The first-order chi connectivity index (χ1) is 13.6. The maximum Gasteiger partial charge on any atom is 0.244 e. The van der Waals surface area contributed by atoms with Gasteiger partial charge in [-0.1, -0.05) is 6.07 Å². The lowest BCUT2D eigenvalue weighted by atomic mass is 10.1. The second-order valence-electron chi connectivity index (χ2n) is 6.09. The lowest BCUT2D eigenvalue weighted by Crippen LogP contribution is -2.41. The predicted molar refractivity (Wildman–Crippen MR) is 102 cm³/mol. The van der Waals surface area contributed by atoms with E-state index in [9.17, 15) is 9.59 Å². The van der Waals surface area contributed by atoms with Crippen molar-refractivity contribution in [2.75, 3.05) is 20.8 Å². The molecule has 3 rings (SSSR count). The number of amides is 1. The second-order valence-corrected chi connectivity index (χ2v) is 6.09. The predicted octanol–water partition coefficient (Wildman–Crippen LogP) is 0.753. The molecule has 0 spiro atoms. The van der Waals surface area contributed by atoms with Crippen LogP contribution in [0.25, 0.3) is 0 Å². The summed E-state index contributed by atoms with van der Waals surface area (Å²) in [6, 6.07) is 5.04. The SMILES string of the molecule is COc1ccc(CCNC(=O)C2CC(C(=O)c3cnccn3)=NN2)cc1OC. The summed E-state index contributed by atoms with van der Waals surface area (Å²) in [4.78, 5) is 32.5. The maximum atomic E-state index is 12.3. The van der Waals surface area contributed by atoms with Gasteiger partial charge in [0.2, 0.25) is 11.7 Å². The number of carbonyl (C=O) groups is 2. The van der Waals surface area contributed by atoms with Crippen molar-refractivity contribution in [2.24, 2.45) is 5.10 Å². The minimum Gasteiger partial charge on any atom is -0.493 e. The van der Waals surface area contributed by atoms with Crippen molar-refractivity contribution >= 4 is 17.4 Å². The number of rotatable bonds is 8. The molecule has 146 valence electrons. The molecular weight excluding hydrogens is 362 g/mol. The van der Waals surface area contributed by atoms with Crippen LogP contribution >= 0.6 is 0 Å². The Hall–Kier alpha value is -3.49. The van der Waals surface area contributed by atoms with Crippen LogP contribution in [0.5, 0.6) is 11.5 Å². The number of aromatic nitrogens is 2. The van der Waals surface area contributed by atoms with Gasteiger partial charge < -0.3 is 14.8 Å². The summed E-state index contributed by atoms with van der Waals surface area (Å²) >= 11 is 0. The van der Waals surface area contributed by atoms with Crippen molar-refractivity contribution < 1.29 is 19.1 Å². The average Bonchev–Trinajstić information content (AvgIpc) is 3.24. The summed E-state index contributed by atoms with van der Waals surface area (Å²) in [6.07, 6.45) is 5.14. The molecule has 0 bridgehead atoms. The Kier molecular flexibility index (Phi) is 6.15. The topological polar surface area (TPSA) is 115 Å². The van der Waals surface area contributed by atoms with Gasteiger partial charge in [0, 0.05) is 25.4 Å². The standard InChI is InChI=1S/C19H21N5O4/c1-27-16-4-3-12(9-17(16)28-2)5-6-22-19(26)14-10-13(23-24-14)18(25)15-11-20-7-8-21-15/h3-4,7-9,11,14,24H,5-6,10H2,1-2H3,(H,22,26). The van der Waals surface area contributed by atoms with Crippen molar-refractivity contribution in [3.05, 3.63) is 48.0 Å². The van der Waals surface area contributed by atoms with Crippen LogP contribution < -0.4 is 20.2 Å². The van der Waals surface area contributed by atoms with Crippen LogP contribution in [-0.2, 0) is 11.2 Å². The van der Waals surface area contributed by atoms with Crippen molar-refractivity contribution in [1.29, 1.82) is 0 Å². The number of hydrazone groups is 1. The Labute approximate surface area is 162 Å². The van der Waals surface area contributed by atoms with Crippen LogP contribution in [0, 0.1) is 0 Å². The molecule has 1 aromatic carbocycles. The number of hydrogen-bond donors (Lipinski definition) is 2. The average molecular weight is 383 g/mol. The summed E-state index contributed by atoms with van der Waals surface area (Å²) in [6.45, 7) is 0.444. The number of nitrogens with one attached hydrogen (secondary N) is 2. The van der Waals surface area contributed by atoms with Crippen LogP contribution in [-0.4, -0.2) is 54.2 Å². The summed E-state index contributed by atoms with van der Waals surface area (Å²) in [5.74, 6) is 0.750.